The molecular weight excluding hydrogens is 286 g/mol. The van der Waals surface area contributed by atoms with Crippen LogP contribution in [0.3, 0.4) is 0 Å². The number of carbonyl (C=O) groups excluding carboxylic acids is 1. The summed E-state index contributed by atoms with van der Waals surface area (Å²) in [5, 5.41) is 3.26. The topological polar surface area (TPSA) is 38.3 Å². The van der Waals surface area contributed by atoms with Crippen LogP contribution < -0.4 is 10.1 Å². The average Bonchev–Trinajstić information content (AvgIpc) is 2.46. The molecule has 3 nitrogen and oxygen atoms in total. The van der Waals surface area contributed by atoms with Crippen molar-refractivity contribution in [1.29, 1.82) is 0 Å². The van der Waals surface area contributed by atoms with Crippen molar-refractivity contribution in [3.63, 3.8) is 0 Å². The van der Waals surface area contributed by atoms with Gasteiger partial charge in [0.1, 0.15) is 5.75 Å². The van der Waals surface area contributed by atoms with Crippen molar-refractivity contribution in [1.82, 2.24) is 0 Å². The summed E-state index contributed by atoms with van der Waals surface area (Å²) in [6.07, 6.45) is 0. The van der Waals surface area contributed by atoms with Crippen LogP contribution in [0.4, 0.5) is 5.69 Å². The lowest BCUT2D eigenvalue weighted by molar-refractivity contribution is 0.102. The Labute approximate surface area is 129 Å². The first kappa shape index (κ1) is 15.4. The van der Waals surface area contributed by atoms with Crippen LogP contribution in [-0.2, 0) is 0 Å². The molecule has 0 aromatic heterocycles. The molecule has 0 aliphatic carbocycles. The highest BCUT2D eigenvalue weighted by Crippen LogP contribution is 2.20. The molecule has 110 valence electrons. The Balaban J connectivity index is 2.07. The van der Waals surface area contributed by atoms with Crippen molar-refractivity contribution < 1.29 is 9.53 Å². The predicted molar refractivity (Wildman–Crippen MR) is 86.2 cm³/mol. The molecule has 0 spiro atoms. The van der Waals surface area contributed by atoms with Gasteiger partial charge in [0.25, 0.3) is 5.91 Å². The molecule has 0 saturated carbocycles. The number of amides is 1. The third kappa shape index (κ3) is 4.50. The second-order valence-electron chi connectivity index (χ2n) is 5.17. The van der Waals surface area contributed by atoms with E-state index in [4.69, 9.17) is 16.3 Å². The first-order valence-electron chi connectivity index (χ1n) is 6.85. The zero-order valence-corrected chi connectivity index (χ0v) is 12.9. The van der Waals surface area contributed by atoms with E-state index in [1.165, 1.54) is 0 Å². The summed E-state index contributed by atoms with van der Waals surface area (Å²) < 4.78 is 5.64. The maximum atomic E-state index is 12.2. The molecule has 0 saturated heterocycles. The normalized spacial score (nSPS) is 10.5. The van der Waals surface area contributed by atoms with Gasteiger partial charge in [-0.15, -0.1) is 0 Å². The van der Waals surface area contributed by atoms with Gasteiger partial charge in [0.15, 0.2) is 0 Å². The molecule has 0 radical (unpaired) electrons. The van der Waals surface area contributed by atoms with Gasteiger partial charge in [-0.05, 0) is 30.2 Å². The fraction of sp³-hybridized carbons (Fsp3) is 0.235. The minimum absolute atomic E-state index is 0.235. The molecule has 2 aromatic carbocycles. The van der Waals surface area contributed by atoms with Crippen LogP contribution in [-0.4, -0.2) is 12.5 Å². The molecule has 0 fully saturated rings. The Kier molecular flexibility index (Phi) is 5.23. The number of rotatable bonds is 5. The number of benzene rings is 2. The zero-order chi connectivity index (χ0) is 15.2. The molecule has 0 unspecified atom stereocenters. The molecule has 2 rings (SSSR count). The van der Waals surface area contributed by atoms with Gasteiger partial charge in [0.2, 0.25) is 0 Å². The summed E-state index contributed by atoms with van der Waals surface area (Å²) >= 11 is 6.02. The Hall–Kier alpha value is -2.00. The van der Waals surface area contributed by atoms with Crippen molar-refractivity contribution >= 4 is 23.2 Å². The SMILES string of the molecule is CC(C)COc1cccc(NC(=O)c2ccccc2Cl)c1. The minimum Gasteiger partial charge on any atom is -0.493 e. The van der Waals surface area contributed by atoms with Gasteiger partial charge in [-0.3, -0.25) is 4.79 Å². The summed E-state index contributed by atoms with van der Waals surface area (Å²) in [7, 11) is 0. The highest BCUT2D eigenvalue weighted by atomic mass is 35.5. The molecule has 0 aliphatic heterocycles. The van der Waals surface area contributed by atoms with Crippen LogP contribution in [0.25, 0.3) is 0 Å². The summed E-state index contributed by atoms with van der Waals surface area (Å²) in [6.45, 7) is 4.81. The number of halogens is 1. The van der Waals surface area contributed by atoms with Crippen LogP contribution in [0.2, 0.25) is 5.02 Å². The first-order valence-corrected chi connectivity index (χ1v) is 7.23. The monoisotopic (exact) mass is 303 g/mol. The van der Waals surface area contributed by atoms with Crippen LogP contribution in [0, 0.1) is 5.92 Å². The lowest BCUT2D eigenvalue weighted by Crippen LogP contribution is -2.12. The molecule has 1 amide bonds. The van der Waals surface area contributed by atoms with Crippen molar-refractivity contribution in [2.24, 2.45) is 5.92 Å². The largest absolute Gasteiger partial charge is 0.493 e. The smallest absolute Gasteiger partial charge is 0.257 e. The minimum atomic E-state index is -0.235. The summed E-state index contributed by atoms with van der Waals surface area (Å²) in [4.78, 5) is 12.2. The number of nitrogens with one attached hydrogen (secondary N) is 1. The summed E-state index contributed by atoms with van der Waals surface area (Å²) in [5.41, 5.74) is 1.13. The van der Waals surface area contributed by atoms with E-state index in [1.54, 1.807) is 30.3 Å². The van der Waals surface area contributed by atoms with E-state index in [1.807, 2.05) is 18.2 Å². The van der Waals surface area contributed by atoms with Crippen LogP contribution in [0.15, 0.2) is 48.5 Å². The van der Waals surface area contributed by atoms with Crippen LogP contribution in [0.1, 0.15) is 24.2 Å². The third-order valence-corrected chi connectivity index (χ3v) is 3.12. The standard InChI is InChI=1S/C17H18ClNO2/c1-12(2)11-21-14-7-5-6-13(10-14)19-17(20)15-8-3-4-9-16(15)18/h3-10,12H,11H2,1-2H3,(H,19,20). The second-order valence-corrected chi connectivity index (χ2v) is 5.57. The zero-order valence-electron chi connectivity index (χ0n) is 12.1. The van der Waals surface area contributed by atoms with Gasteiger partial charge in [0, 0.05) is 11.8 Å². The molecule has 0 heterocycles. The lowest BCUT2D eigenvalue weighted by Gasteiger charge is -2.11. The molecular formula is C17H18ClNO2. The van der Waals surface area contributed by atoms with E-state index >= 15 is 0 Å². The molecule has 4 heteroatoms. The molecule has 2 aromatic rings. The fourth-order valence-electron chi connectivity index (χ4n) is 1.77. The van der Waals surface area contributed by atoms with Crippen LogP contribution >= 0.6 is 11.6 Å². The Bertz CT molecular complexity index is 626. The number of anilines is 1. The van der Waals surface area contributed by atoms with Crippen LogP contribution in [0.5, 0.6) is 5.75 Å². The number of ether oxygens (including phenoxy) is 1. The van der Waals surface area contributed by atoms with E-state index in [-0.39, 0.29) is 5.91 Å². The number of hydrogen-bond acceptors (Lipinski definition) is 2. The molecule has 21 heavy (non-hydrogen) atoms. The number of carbonyl (C=O) groups is 1. The van der Waals surface area contributed by atoms with Gasteiger partial charge in [0.05, 0.1) is 17.2 Å². The maximum Gasteiger partial charge on any atom is 0.257 e. The van der Waals surface area contributed by atoms with Gasteiger partial charge in [-0.1, -0.05) is 43.6 Å². The van der Waals surface area contributed by atoms with E-state index in [0.717, 1.165) is 5.75 Å². The van der Waals surface area contributed by atoms with Crippen molar-refractivity contribution in [2.45, 2.75) is 13.8 Å². The fourth-order valence-corrected chi connectivity index (χ4v) is 1.99. The van der Waals surface area contributed by atoms with Crippen molar-refractivity contribution in [2.75, 3.05) is 11.9 Å². The van der Waals surface area contributed by atoms with E-state index in [9.17, 15) is 4.79 Å². The van der Waals surface area contributed by atoms with E-state index in [2.05, 4.69) is 19.2 Å². The number of hydrogen-bond donors (Lipinski definition) is 1. The Morgan fingerprint density at radius 1 is 1.19 bits per heavy atom. The van der Waals surface area contributed by atoms with E-state index in [0.29, 0.717) is 28.8 Å². The molecule has 1 N–H and O–H groups in total. The third-order valence-electron chi connectivity index (χ3n) is 2.79. The highest BCUT2D eigenvalue weighted by Gasteiger charge is 2.10. The van der Waals surface area contributed by atoms with E-state index < -0.39 is 0 Å². The highest BCUT2D eigenvalue weighted by molar-refractivity contribution is 6.34. The van der Waals surface area contributed by atoms with Crippen molar-refractivity contribution in [3.05, 3.63) is 59.1 Å². The van der Waals surface area contributed by atoms with Crippen molar-refractivity contribution in [3.8, 4) is 5.75 Å². The molecule has 0 aliphatic rings. The predicted octanol–water partition coefficient (Wildman–Crippen LogP) is 4.63. The lowest BCUT2D eigenvalue weighted by atomic mass is 10.2. The van der Waals surface area contributed by atoms with Gasteiger partial charge in [-0.25, -0.2) is 0 Å². The summed E-state index contributed by atoms with van der Waals surface area (Å²) in [5.74, 6) is 0.952. The Morgan fingerprint density at radius 3 is 2.67 bits per heavy atom. The quantitative estimate of drug-likeness (QED) is 0.874. The second kappa shape index (κ2) is 7.14. The molecule has 0 atom stereocenters. The first-order chi connectivity index (χ1) is 10.1. The molecule has 0 bridgehead atoms. The van der Waals surface area contributed by atoms with Gasteiger partial charge in [-0.2, -0.15) is 0 Å². The maximum absolute atomic E-state index is 12.2. The Morgan fingerprint density at radius 2 is 1.95 bits per heavy atom. The van der Waals surface area contributed by atoms with Gasteiger partial charge >= 0.3 is 0 Å². The average molecular weight is 304 g/mol. The summed E-state index contributed by atoms with van der Waals surface area (Å²) in [6, 6.07) is 14.3. The van der Waals surface area contributed by atoms with Gasteiger partial charge < -0.3 is 10.1 Å².